The molecule has 0 aliphatic rings. The van der Waals surface area contributed by atoms with E-state index in [-0.39, 0.29) is 44.1 Å². The van der Waals surface area contributed by atoms with Crippen molar-refractivity contribution in [2.24, 2.45) is 0 Å². The first-order valence-electron chi connectivity index (χ1n) is 6.60. The number of nitrogens with zero attached hydrogens (tertiary/aromatic N) is 1. The largest absolute Gasteiger partial charge is 0.508 e. The van der Waals surface area contributed by atoms with Crippen molar-refractivity contribution in [3.8, 4) is 23.0 Å². The Morgan fingerprint density at radius 3 is 2.64 bits per heavy atom. The third kappa shape index (κ3) is 3.50. The van der Waals surface area contributed by atoms with Crippen LogP contribution < -0.4 is 4.18 Å². The number of hydrogen-bond acceptors (Lipinski definition) is 6. The third-order valence-electron chi connectivity index (χ3n) is 3.17. The minimum atomic E-state index is -4.77. The number of phenolic OH excluding ortho intramolecular Hbond substituents is 1. The molecule has 130 valence electrons. The van der Waals surface area contributed by atoms with E-state index in [4.69, 9.17) is 8.97 Å². The molecule has 3 aromatic rings. The molecule has 0 fully saturated rings. The van der Waals surface area contributed by atoms with Crippen LogP contribution in [0.4, 0.5) is 4.39 Å². The molecule has 0 aliphatic heterocycles. The predicted octanol–water partition coefficient (Wildman–Crippen LogP) is 3.89. The molecule has 0 radical (unpaired) electrons. The van der Waals surface area contributed by atoms with Crippen molar-refractivity contribution in [3.63, 3.8) is 0 Å². The van der Waals surface area contributed by atoms with E-state index in [1.54, 1.807) is 0 Å². The summed E-state index contributed by atoms with van der Waals surface area (Å²) in [5, 5.41) is 9.28. The van der Waals surface area contributed by atoms with Crippen molar-refractivity contribution in [3.05, 3.63) is 48.3 Å². The maximum atomic E-state index is 14.0. The third-order valence-corrected chi connectivity index (χ3v) is 3.96. The number of halogens is 2. The second-order valence-electron chi connectivity index (χ2n) is 4.88. The maximum absolute atomic E-state index is 14.0. The molecule has 0 amide bonds. The van der Waals surface area contributed by atoms with Gasteiger partial charge in [-0.25, -0.2) is 9.37 Å². The second kappa shape index (κ2) is 6.14. The maximum Gasteiger partial charge on any atom is 0.446 e. The van der Waals surface area contributed by atoms with Gasteiger partial charge in [0.25, 0.3) is 0 Å². The fraction of sp³-hybridized carbons (Fsp3) is 0. The fourth-order valence-corrected chi connectivity index (χ4v) is 2.96. The van der Waals surface area contributed by atoms with Crippen LogP contribution in [0.3, 0.4) is 0 Å². The zero-order chi connectivity index (χ0) is 18.4. The van der Waals surface area contributed by atoms with E-state index in [9.17, 15) is 17.9 Å². The number of benzene rings is 2. The molecule has 2 aromatic carbocycles. The Kier molecular flexibility index (Phi) is 4.27. The molecule has 1 heterocycles. The van der Waals surface area contributed by atoms with Gasteiger partial charge in [-0.2, -0.15) is 8.42 Å². The van der Waals surface area contributed by atoms with Crippen LogP contribution in [0.5, 0.6) is 11.5 Å². The lowest BCUT2D eigenvalue weighted by Gasteiger charge is -2.07. The average Bonchev–Trinajstić information content (AvgIpc) is 2.88. The summed E-state index contributed by atoms with van der Waals surface area (Å²) in [7, 11) is -4.77. The van der Waals surface area contributed by atoms with Crippen LogP contribution >= 0.6 is 15.9 Å². The van der Waals surface area contributed by atoms with Crippen LogP contribution in [-0.4, -0.2) is 23.1 Å². The van der Waals surface area contributed by atoms with E-state index in [1.807, 2.05) is 0 Å². The van der Waals surface area contributed by atoms with Gasteiger partial charge in [-0.1, -0.05) is 22.5 Å². The zero-order valence-corrected chi connectivity index (χ0v) is 14.6. The topological polar surface area (TPSA) is 110 Å². The normalized spacial score (nSPS) is 11.6. The minimum Gasteiger partial charge on any atom is -0.508 e. The highest BCUT2D eigenvalue weighted by atomic mass is 79.9. The zero-order valence-electron chi connectivity index (χ0n) is 12.2. The van der Waals surface area contributed by atoms with Gasteiger partial charge in [0.05, 0.1) is 11.1 Å². The Morgan fingerprint density at radius 1 is 1.32 bits per heavy atom. The van der Waals surface area contributed by atoms with Crippen molar-refractivity contribution in [2.45, 2.75) is 0 Å². The highest BCUT2D eigenvalue weighted by Gasteiger charge is 2.21. The first kappa shape index (κ1) is 17.4. The molecule has 7 nitrogen and oxygen atoms in total. The molecule has 0 aliphatic carbocycles. The van der Waals surface area contributed by atoms with Gasteiger partial charge in [0, 0.05) is 10.5 Å². The molecule has 2 N–H and O–H groups in total. The molecular formula is C15H9BrFNO6S. The molecule has 0 unspecified atom stereocenters. The Labute approximate surface area is 149 Å². The predicted molar refractivity (Wildman–Crippen MR) is 91.2 cm³/mol. The number of aromatic hydroxyl groups is 1. The lowest BCUT2D eigenvalue weighted by molar-refractivity contribution is 0.386. The quantitative estimate of drug-likeness (QED) is 0.605. The van der Waals surface area contributed by atoms with Gasteiger partial charge in [-0.3, -0.25) is 4.55 Å². The van der Waals surface area contributed by atoms with Crippen LogP contribution in [0, 0.1) is 5.82 Å². The summed E-state index contributed by atoms with van der Waals surface area (Å²) in [6, 6.07) is 6.05. The van der Waals surface area contributed by atoms with E-state index in [0.29, 0.717) is 0 Å². The second-order valence-corrected chi connectivity index (χ2v) is 6.86. The smallest absolute Gasteiger partial charge is 0.446 e. The average molecular weight is 430 g/mol. The molecule has 0 saturated carbocycles. The molecule has 0 bridgehead atoms. The van der Waals surface area contributed by atoms with Gasteiger partial charge >= 0.3 is 10.4 Å². The van der Waals surface area contributed by atoms with Crippen molar-refractivity contribution < 1.29 is 31.1 Å². The number of phenols is 1. The molecule has 0 saturated heterocycles. The Hall–Kier alpha value is -2.43. The van der Waals surface area contributed by atoms with E-state index in [1.165, 1.54) is 24.3 Å². The summed E-state index contributed by atoms with van der Waals surface area (Å²) in [6.07, 6.45) is 0. The van der Waals surface area contributed by atoms with E-state index >= 15 is 0 Å². The Bertz CT molecular complexity index is 1110. The van der Waals surface area contributed by atoms with Crippen molar-refractivity contribution in [1.29, 1.82) is 0 Å². The Balaban J connectivity index is 2.23. The van der Waals surface area contributed by atoms with Gasteiger partial charge < -0.3 is 13.7 Å². The number of fused-ring (bicyclic) bond motifs is 1. The Morgan fingerprint density at radius 2 is 2.04 bits per heavy atom. The molecule has 0 spiro atoms. The summed E-state index contributed by atoms with van der Waals surface area (Å²) in [5.74, 6) is -1.33. The molecule has 3 rings (SSSR count). The van der Waals surface area contributed by atoms with Crippen LogP contribution in [0.15, 0.2) is 41.3 Å². The van der Waals surface area contributed by atoms with Crippen LogP contribution in [0.25, 0.3) is 27.0 Å². The van der Waals surface area contributed by atoms with Crippen LogP contribution in [0.2, 0.25) is 0 Å². The van der Waals surface area contributed by atoms with Gasteiger partial charge in [-0.05, 0) is 24.3 Å². The highest BCUT2D eigenvalue weighted by Crippen LogP contribution is 2.38. The van der Waals surface area contributed by atoms with Crippen molar-refractivity contribution >= 4 is 41.9 Å². The molecule has 10 heteroatoms. The van der Waals surface area contributed by atoms with Crippen molar-refractivity contribution in [1.82, 2.24) is 4.98 Å². The van der Waals surface area contributed by atoms with Gasteiger partial charge in [-0.15, -0.1) is 0 Å². The van der Waals surface area contributed by atoms with E-state index in [2.05, 4.69) is 31.7 Å². The first-order chi connectivity index (χ1) is 11.7. The monoisotopic (exact) mass is 429 g/mol. The van der Waals surface area contributed by atoms with E-state index < -0.39 is 16.2 Å². The SMILES string of the molecule is C=C(Br)c1c(OS(=O)(=O)O)ccc2oc(-c3ccc(O)cc3F)nc12. The van der Waals surface area contributed by atoms with Gasteiger partial charge in [0.2, 0.25) is 5.89 Å². The lowest BCUT2D eigenvalue weighted by atomic mass is 10.1. The molecular weight excluding hydrogens is 421 g/mol. The summed E-state index contributed by atoms with van der Waals surface area (Å²) < 4.78 is 55.1. The highest BCUT2D eigenvalue weighted by molar-refractivity contribution is 9.15. The van der Waals surface area contributed by atoms with Gasteiger partial charge in [0.15, 0.2) is 11.3 Å². The van der Waals surface area contributed by atoms with Crippen LogP contribution in [-0.2, 0) is 10.4 Å². The number of hydrogen-bond donors (Lipinski definition) is 2. The summed E-state index contributed by atoms with van der Waals surface area (Å²) in [4.78, 5) is 4.15. The summed E-state index contributed by atoms with van der Waals surface area (Å²) >= 11 is 3.11. The summed E-state index contributed by atoms with van der Waals surface area (Å²) in [6.45, 7) is 3.65. The van der Waals surface area contributed by atoms with Gasteiger partial charge in [0.1, 0.15) is 17.1 Å². The van der Waals surface area contributed by atoms with Crippen LogP contribution in [0.1, 0.15) is 5.56 Å². The number of oxazole rings is 1. The molecule has 0 atom stereocenters. The minimum absolute atomic E-state index is 0.00242. The summed E-state index contributed by atoms with van der Waals surface area (Å²) in [5.41, 5.74) is 0.466. The number of rotatable bonds is 4. The standard InChI is InChI=1S/C15H9BrFNO6S/c1-7(16)13-11(24-25(20,21)22)4-5-12-14(13)18-15(23-12)9-3-2-8(19)6-10(9)17/h2-6,19H,1H2,(H,20,21,22). The fourth-order valence-electron chi connectivity index (χ4n) is 2.21. The van der Waals surface area contributed by atoms with E-state index in [0.717, 1.165) is 6.07 Å². The number of aromatic nitrogens is 1. The van der Waals surface area contributed by atoms with Crippen molar-refractivity contribution in [2.75, 3.05) is 0 Å². The molecule has 25 heavy (non-hydrogen) atoms. The lowest BCUT2D eigenvalue weighted by Crippen LogP contribution is -2.08. The first-order valence-corrected chi connectivity index (χ1v) is 8.75. The molecule has 1 aromatic heterocycles.